The highest BCUT2D eigenvalue weighted by Crippen LogP contribution is 2.28. The third-order valence-electron chi connectivity index (χ3n) is 2.39. The van der Waals surface area contributed by atoms with E-state index in [-0.39, 0.29) is 17.7 Å². The van der Waals surface area contributed by atoms with E-state index >= 15 is 0 Å². The zero-order valence-electron chi connectivity index (χ0n) is 10.4. The maximum atomic E-state index is 13.7. The monoisotopic (exact) mass is 257 g/mol. The summed E-state index contributed by atoms with van der Waals surface area (Å²) in [5.41, 5.74) is 0.700. The van der Waals surface area contributed by atoms with Crippen molar-refractivity contribution in [3.63, 3.8) is 0 Å². The standard InChI is InChI=1S/C13H20FNOS/c1-3-7-15-8-11-12(14)5-4-6-13(11)17-10(2)9-16/h4-6,10,15-16H,3,7-9H2,1-2H3. The van der Waals surface area contributed by atoms with Gasteiger partial charge >= 0.3 is 0 Å². The number of nitrogens with one attached hydrogen (secondary N) is 1. The summed E-state index contributed by atoms with van der Waals surface area (Å²) >= 11 is 1.51. The summed E-state index contributed by atoms with van der Waals surface area (Å²) in [5, 5.41) is 12.3. The van der Waals surface area contributed by atoms with Crippen molar-refractivity contribution < 1.29 is 9.50 Å². The van der Waals surface area contributed by atoms with Gasteiger partial charge in [-0.3, -0.25) is 0 Å². The molecule has 1 aromatic rings. The molecule has 0 aliphatic carbocycles. The highest BCUT2D eigenvalue weighted by Gasteiger charge is 2.11. The molecule has 2 nitrogen and oxygen atoms in total. The number of halogens is 1. The number of aliphatic hydroxyl groups is 1. The van der Waals surface area contributed by atoms with Gasteiger partial charge in [0.2, 0.25) is 0 Å². The second-order valence-electron chi connectivity index (χ2n) is 4.00. The van der Waals surface area contributed by atoms with Crippen molar-refractivity contribution in [1.82, 2.24) is 5.32 Å². The van der Waals surface area contributed by atoms with Crippen LogP contribution in [0.1, 0.15) is 25.8 Å². The molecule has 0 aliphatic heterocycles. The van der Waals surface area contributed by atoms with E-state index in [9.17, 15) is 4.39 Å². The van der Waals surface area contributed by atoms with Crippen molar-refractivity contribution in [3.8, 4) is 0 Å². The Morgan fingerprint density at radius 3 is 2.88 bits per heavy atom. The topological polar surface area (TPSA) is 32.3 Å². The summed E-state index contributed by atoms with van der Waals surface area (Å²) < 4.78 is 13.7. The summed E-state index contributed by atoms with van der Waals surface area (Å²) in [5.74, 6) is -0.177. The number of aliphatic hydroxyl groups excluding tert-OH is 1. The van der Waals surface area contributed by atoms with Gasteiger partial charge in [-0.2, -0.15) is 0 Å². The second kappa shape index (κ2) is 7.69. The van der Waals surface area contributed by atoms with Crippen LogP contribution in [0.4, 0.5) is 4.39 Å². The molecule has 1 rings (SSSR count). The molecule has 0 saturated heterocycles. The van der Waals surface area contributed by atoms with Crippen LogP contribution in [0, 0.1) is 5.82 Å². The SMILES string of the molecule is CCCNCc1c(F)cccc1SC(C)CO. The number of hydrogen-bond acceptors (Lipinski definition) is 3. The molecular weight excluding hydrogens is 237 g/mol. The molecule has 0 amide bonds. The van der Waals surface area contributed by atoms with Gasteiger partial charge in [0.15, 0.2) is 0 Å². The van der Waals surface area contributed by atoms with Crippen molar-refractivity contribution in [3.05, 3.63) is 29.6 Å². The van der Waals surface area contributed by atoms with Gasteiger partial charge in [-0.25, -0.2) is 4.39 Å². The molecule has 0 radical (unpaired) electrons. The van der Waals surface area contributed by atoms with E-state index in [1.807, 2.05) is 13.0 Å². The first kappa shape index (κ1) is 14.5. The number of thioether (sulfide) groups is 1. The van der Waals surface area contributed by atoms with E-state index in [4.69, 9.17) is 5.11 Å². The summed E-state index contributed by atoms with van der Waals surface area (Å²) in [7, 11) is 0. The van der Waals surface area contributed by atoms with Crippen molar-refractivity contribution in [1.29, 1.82) is 0 Å². The first-order chi connectivity index (χ1) is 8.19. The number of hydrogen-bond donors (Lipinski definition) is 2. The molecule has 2 N–H and O–H groups in total. The van der Waals surface area contributed by atoms with Gasteiger partial charge in [0.05, 0.1) is 6.61 Å². The largest absolute Gasteiger partial charge is 0.395 e. The van der Waals surface area contributed by atoms with Crippen LogP contribution >= 0.6 is 11.8 Å². The fourth-order valence-corrected chi connectivity index (χ4v) is 2.44. The van der Waals surface area contributed by atoms with Gasteiger partial charge in [0, 0.05) is 22.3 Å². The molecule has 0 aromatic heterocycles. The Morgan fingerprint density at radius 1 is 1.47 bits per heavy atom. The fourth-order valence-electron chi connectivity index (χ4n) is 1.47. The molecular formula is C13H20FNOS. The number of rotatable bonds is 7. The van der Waals surface area contributed by atoms with E-state index in [0.29, 0.717) is 12.1 Å². The minimum atomic E-state index is -0.177. The first-order valence-electron chi connectivity index (χ1n) is 5.94. The van der Waals surface area contributed by atoms with E-state index in [1.54, 1.807) is 6.07 Å². The molecule has 0 heterocycles. The van der Waals surface area contributed by atoms with Crippen molar-refractivity contribution in [2.45, 2.75) is 37.0 Å². The molecule has 0 saturated carbocycles. The first-order valence-corrected chi connectivity index (χ1v) is 6.82. The van der Waals surface area contributed by atoms with Crippen LogP contribution in [-0.2, 0) is 6.54 Å². The molecule has 4 heteroatoms. The maximum Gasteiger partial charge on any atom is 0.128 e. The summed E-state index contributed by atoms with van der Waals surface area (Å²) in [4.78, 5) is 0.912. The van der Waals surface area contributed by atoms with Crippen LogP contribution in [0.3, 0.4) is 0 Å². The smallest absolute Gasteiger partial charge is 0.128 e. The Bertz CT molecular complexity index is 346. The molecule has 1 atom stereocenters. The van der Waals surface area contributed by atoms with Gasteiger partial charge in [-0.15, -0.1) is 11.8 Å². The maximum absolute atomic E-state index is 13.7. The van der Waals surface area contributed by atoms with Crippen LogP contribution in [0.25, 0.3) is 0 Å². The molecule has 0 spiro atoms. The van der Waals surface area contributed by atoms with Crippen LogP contribution in [0.2, 0.25) is 0 Å². The Labute approximate surface area is 107 Å². The summed E-state index contributed by atoms with van der Waals surface area (Å²) in [6, 6.07) is 5.10. The van der Waals surface area contributed by atoms with Crippen LogP contribution < -0.4 is 5.32 Å². The predicted octanol–water partition coefficient (Wildman–Crippen LogP) is 2.80. The zero-order valence-corrected chi connectivity index (χ0v) is 11.2. The normalized spacial score (nSPS) is 12.7. The summed E-state index contributed by atoms with van der Waals surface area (Å²) in [6.45, 7) is 5.54. The molecule has 0 fully saturated rings. The highest BCUT2D eigenvalue weighted by molar-refractivity contribution is 8.00. The lowest BCUT2D eigenvalue weighted by atomic mass is 10.2. The lowest BCUT2D eigenvalue weighted by Gasteiger charge is -2.13. The lowest BCUT2D eigenvalue weighted by molar-refractivity contribution is 0.300. The lowest BCUT2D eigenvalue weighted by Crippen LogP contribution is -2.16. The van der Waals surface area contributed by atoms with Crippen LogP contribution in [0.15, 0.2) is 23.1 Å². The van der Waals surface area contributed by atoms with Gasteiger partial charge in [0.1, 0.15) is 5.82 Å². The minimum absolute atomic E-state index is 0.0849. The fraction of sp³-hybridized carbons (Fsp3) is 0.538. The van der Waals surface area contributed by atoms with Gasteiger partial charge in [-0.1, -0.05) is 19.9 Å². The molecule has 96 valence electrons. The Morgan fingerprint density at radius 2 is 2.24 bits per heavy atom. The Balaban J connectivity index is 2.76. The van der Waals surface area contributed by atoms with Crippen molar-refractivity contribution in [2.75, 3.05) is 13.2 Å². The van der Waals surface area contributed by atoms with Gasteiger partial charge in [0.25, 0.3) is 0 Å². The third-order valence-corrected chi connectivity index (χ3v) is 3.58. The van der Waals surface area contributed by atoms with Crippen molar-refractivity contribution >= 4 is 11.8 Å². The van der Waals surface area contributed by atoms with E-state index in [0.717, 1.165) is 17.9 Å². The average molecular weight is 257 g/mol. The molecule has 0 aliphatic rings. The van der Waals surface area contributed by atoms with Gasteiger partial charge < -0.3 is 10.4 Å². The molecule has 1 aromatic carbocycles. The van der Waals surface area contributed by atoms with E-state index in [1.165, 1.54) is 17.8 Å². The average Bonchev–Trinajstić information content (AvgIpc) is 2.32. The van der Waals surface area contributed by atoms with Gasteiger partial charge in [-0.05, 0) is 25.1 Å². The van der Waals surface area contributed by atoms with E-state index < -0.39 is 0 Å². The molecule has 1 unspecified atom stereocenters. The van der Waals surface area contributed by atoms with Crippen molar-refractivity contribution in [2.24, 2.45) is 0 Å². The molecule has 17 heavy (non-hydrogen) atoms. The van der Waals surface area contributed by atoms with Crippen LogP contribution in [-0.4, -0.2) is 23.5 Å². The zero-order chi connectivity index (χ0) is 12.7. The highest BCUT2D eigenvalue weighted by atomic mass is 32.2. The van der Waals surface area contributed by atoms with Crippen LogP contribution in [0.5, 0.6) is 0 Å². The predicted molar refractivity (Wildman–Crippen MR) is 70.8 cm³/mol. The Kier molecular flexibility index (Phi) is 6.55. The second-order valence-corrected chi connectivity index (χ2v) is 5.48. The quantitative estimate of drug-likeness (QED) is 0.582. The Hall–Kier alpha value is -0.580. The summed E-state index contributed by atoms with van der Waals surface area (Å²) in [6.07, 6.45) is 1.03. The van der Waals surface area contributed by atoms with E-state index in [2.05, 4.69) is 12.2 Å². The molecule has 0 bridgehead atoms. The third kappa shape index (κ3) is 4.66. The number of benzene rings is 1. The minimum Gasteiger partial charge on any atom is -0.395 e.